The number of nitrogens with zero attached hydrogens (tertiary/aromatic N) is 3. The van der Waals surface area contributed by atoms with Crippen molar-refractivity contribution in [3.05, 3.63) is 30.1 Å². The van der Waals surface area contributed by atoms with Crippen LogP contribution >= 0.6 is 0 Å². The van der Waals surface area contributed by atoms with Crippen LogP contribution in [0.3, 0.4) is 0 Å². The van der Waals surface area contributed by atoms with Crippen molar-refractivity contribution < 1.29 is 14.3 Å². The third-order valence-electron chi connectivity index (χ3n) is 2.04. The Balaban J connectivity index is 2.33. The summed E-state index contributed by atoms with van der Waals surface area (Å²) < 4.78 is 14.5. The lowest BCUT2D eigenvalue weighted by atomic mass is 10.1. The van der Waals surface area contributed by atoms with Gasteiger partial charge >= 0.3 is 5.97 Å². The minimum absolute atomic E-state index is 0.197. The van der Waals surface area contributed by atoms with E-state index in [2.05, 4.69) is 10.3 Å². The summed E-state index contributed by atoms with van der Waals surface area (Å²) >= 11 is 0. The van der Waals surface area contributed by atoms with Gasteiger partial charge < -0.3 is 5.11 Å². The molecule has 0 aliphatic heterocycles. The molecule has 0 amide bonds. The SMILES string of the molecule is O=C(O)c1cn(C2=CC=CCC2F)nn1. The topological polar surface area (TPSA) is 68.0 Å². The quantitative estimate of drug-likeness (QED) is 0.792. The molecular weight excluding hydrogens is 201 g/mol. The normalized spacial score (nSPS) is 20.1. The highest BCUT2D eigenvalue weighted by molar-refractivity contribution is 5.85. The number of allylic oxidation sites excluding steroid dienone is 4. The van der Waals surface area contributed by atoms with Crippen molar-refractivity contribution >= 4 is 11.7 Å². The summed E-state index contributed by atoms with van der Waals surface area (Å²) in [5.41, 5.74) is 0.107. The van der Waals surface area contributed by atoms with E-state index >= 15 is 0 Å². The van der Waals surface area contributed by atoms with Gasteiger partial charge in [0.05, 0.1) is 11.9 Å². The molecule has 0 radical (unpaired) electrons. The van der Waals surface area contributed by atoms with Crippen molar-refractivity contribution in [3.8, 4) is 0 Å². The molecule has 1 aliphatic rings. The summed E-state index contributed by atoms with van der Waals surface area (Å²) in [6.07, 6.45) is 5.25. The predicted molar refractivity (Wildman–Crippen MR) is 49.9 cm³/mol. The first-order chi connectivity index (χ1) is 7.18. The van der Waals surface area contributed by atoms with E-state index in [9.17, 15) is 9.18 Å². The number of hydrogen-bond acceptors (Lipinski definition) is 3. The summed E-state index contributed by atoms with van der Waals surface area (Å²) in [5, 5.41) is 15.6. The van der Waals surface area contributed by atoms with Crippen LogP contribution in [0.4, 0.5) is 4.39 Å². The highest BCUT2D eigenvalue weighted by Crippen LogP contribution is 2.20. The molecule has 0 fully saturated rings. The van der Waals surface area contributed by atoms with E-state index in [-0.39, 0.29) is 12.1 Å². The van der Waals surface area contributed by atoms with Crippen molar-refractivity contribution in [3.63, 3.8) is 0 Å². The maximum atomic E-state index is 13.4. The average Bonchev–Trinajstić information content (AvgIpc) is 2.67. The number of carboxylic acids is 1. The first-order valence-electron chi connectivity index (χ1n) is 4.35. The molecule has 1 N–H and O–H groups in total. The first-order valence-corrected chi connectivity index (χ1v) is 4.35. The molecule has 0 saturated carbocycles. The number of carbonyl (C=O) groups is 1. The molecule has 15 heavy (non-hydrogen) atoms. The molecule has 2 rings (SSSR count). The summed E-state index contributed by atoms with van der Waals surface area (Å²) in [6.45, 7) is 0. The zero-order chi connectivity index (χ0) is 10.8. The Labute approximate surface area is 84.5 Å². The largest absolute Gasteiger partial charge is 0.476 e. The summed E-state index contributed by atoms with van der Waals surface area (Å²) in [7, 11) is 0. The molecule has 1 unspecified atom stereocenters. The van der Waals surface area contributed by atoms with Crippen LogP contribution in [0, 0.1) is 0 Å². The smallest absolute Gasteiger partial charge is 0.358 e. The Morgan fingerprint density at radius 1 is 1.67 bits per heavy atom. The van der Waals surface area contributed by atoms with Crippen molar-refractivity contribution in [1.82, 2.24) is 15.0 Å². The van der Waals surface area contributed by atoms with E-state index in [1.165, 1.54) is 6.20 Å². The van der Waals surface area contributed by atoms with Gasteiger partial charge in [0.15, 0.2) is 5.69 Å². The predicted octanol–water partition coefficient (Wildman–Crippen LogP) is 1.12. The molecule has 6 heteroatoms. The number of hydrogen-bond donors (Lipinski definition) is 1. The van der Waals surface area contributed by atoms with Crippen molar-refractivity contribution in [2.45, 2.75) is 12.6 Å². The fourth-order valence-corrected chi connectivity index (χ4v) is 1.30. The molecule has 78 valence electrons. The summed E-state index contributed by atoms with van der Waals surface area (Å²) in [4.78, 5) is 10.5. The summed E-state index contributed by atoms with van der Waals surface area (Å²) in [6, 6.07) is 0. The van der Waals surface area contributed by atoms with E-state index in [0.29, 0.717) is 5.70 Å². The Kier molecular flexibility index (Phi) is 2.32. The third kappa shape index (κ3) is 1.78. The van der Waals surface area contributed by atoms with E-state index in [1.807, 2.05) is 0 Å². The van der Waals surface area contributed by atoms with Gasteiger partial charge in [-0.1, -0.05) is 17.4 Å². The van der Waals surface area contributed by atoms with Gasteiger partial charge in [0.1, 0.15) is 6.17 Å². The van der Waals surface area contributed by atoms with Crippen LogP contribution in [-0.2, 0) is 0 Å². The van der Waals surface area contributed by atoms with Gasteiger partial charge in [-0.2, -0.15) is 0 Å². The number of aromatic nitrogens is 3. The Morgan fingerprint density at radius 2 is 2.47 bits per heavy atom. The Morgan fingerprint density at radius 3 is 3.07 bits per heavy atom. The van der Waals surface area contributed by atoms with E-state index in [1.54, 1.807) is 18.2 Å². The number of rotatable bonds is 2. The first kappa shape index (κ1) is 9.57. The van der Waals surface area contributed by atoms with Gasteiger partial charge in [0, 0.05) is 6.42 Å². The fraction of sp³-hybridized carbons (Fsp3) is 0.222. The van der Waals surface area contributed by atoms with Crippen LogP contribution in [0.15, 0.2) is 24.4 Å². The molecule has 0 aromatic carbocycles. The zero-order valence-electron chi connectivity index (χ0n) is 7.67. The van der Waals surface area contributed by atoms with Crippen LogP contribution in [0.5, 0.6) is 0 Å². The molecule has 1 atom stereocenters. The van der Waals surface area contributed by atoms with Crippen LogP contribution in [0.2, 0.25) is 0 Å². The maximum Gasteiger partial charge on any atom is 0.358 e. The standard InChI is InChI=1S/C9H8FN3O2/c10-6-3-1-2-4-8(6)13-5-7(9(14)15)11-12-13/h1-2,4-6H,3H2,(H,14,15). The summed E-state index contributed by atoms with van der Waals surface area (Å²) in [5.74, 6) is -1.18. The molecule has 1 aromatic rings. The molecular formula is C9H8FN3O2. The van der Waals surface area contributed by atoms with Crippen molar-refractivity contribution in [2.24, 2.45) is 0 Å². The second-order valence-electron chi connectivity index (χ2n) is 3.08. The molecule has 5 nitrogen and oxygen atoms in total. The number of carboxylic acid groups (broad SMARTS) is 1. The fourth-order valence-electron chi connectivity index (χ4n) is 1.30. The van der Waals surface area contributed by atoms with E-state index in [0.717, 1.165) is 4.68 Å². The third-order valence-corrected chi connectivity index (χ3v) is 2.04. The van der Waals surface area contributed by atoms with E-state index < -0.39 is 12.1 Å². The number of aromatic carboxylic acids is 1. The van der Waals surface area contributed by atoms with Gasteiger partial charge in [-0.3, -0.25) is 0 Å². The minimum atomic E-state index is -1.18. The van der Waals surface area contributed by atoms with Gasteiger partial charge in [-0.15, -0.1) is 5.10 Å². The molecule has 1 heterocycles. The van der Waals surface area contributed by atoms with Gasteiger partial charge in [-0.25, -0.2) is 13.9 Å². The van der Waals surface area contributed by atoms with Gasteiger partial charge in [-0.05, 0) is 6.08 Å². The second-order valence-corrected chi connectivity index (χ2v) is 3.08. The van der Waals surface area contributed by atoms with Crippen LogP contribution in [0.25, 0.3) is 5.70 Å². The Hall–Kier alpha value is -1.98. The molecule has 0 saturated heterocycles. The highest BCUT2D eigenvalue weighted by atomic mass is 19.1. The van der Waals surface area contributed by atoms with Crippen LogP contribution in [0.1, 0.15) is 16.9 Å². The number of alkyl halides is 1. The Bertz CT molecular complexity index is 450. The van der Waals surface area contributed by atoms with Crippen molar-refractivity contribution in [2.75, 3.05) is 0 Å². The van der Waals surface area contributed by atoms with Crippen molar-refractivity contribution in [1.29, 1.82) is 0 Å². The lowest BCUT2D eigenvalue weighted by Gasteiger charge is -2.12. The monoisotopic (exact) mass is 209 g/mol. The minimum Gasteiger partial charge on any atom is -0.476 e. The molecule has 0 bridgehead atoms. The van der Waals surface area contributed by atoms with Crippen LogP contribution < -0.4 is 0 Å². The average molecular weight is 209 g/mol. The van der Waals surface area contributed by atoms with E-state index in [4.69, 9.17) is 5.11 Å². The molecule has 1 aromatic heterocycles. The number of halogens is 1. The lowest BCUT2D eigenvalue weighted by Crippen LogP contribution is -2.12. The molecule has 1 aliphatic carbocycles. The molecule has 0 spiro atoms. The van der Waals surface area contributed by atoms with Gasteiger partial charge in [0.2, 0.25) is 0 Å². The highest BCUT2D eigenvalue weighted by Gasteiger charge is 2.18. The van der Waals surface area contributed by atoms with Crippen LogP contribution in [-0.4, -0.2) is 32.2 Å². The lowest BCUT2D eigenvalue weighted by molar-refractivity contribution is 0.0690. The zero-order valence-corrected chi connectivity index (χ0v) is 7.67. The second kappa shape index (κ2) is 3.64. The maximum absolute atomic E-state index is 13.4. The van der Waals surface area contributed by atoms with Gasteiger partial charge in [0.25, 0.3) is 0 Å².